The van der Waals surface area contributed by atoms with Crippen molar-refractivity contribution in [3.05, 3.63) is 17.5 Å². The SMILES string of the molecule is N=c1nc2n(cc1F)[C@@H]1O[C@H](CO)[C@@H](O)C1O2. The zero-order valence-electron chi connectivity index (χ0n) is 8.58. The largest absolute Gasteiger partial charge is 0.454 e. The van der Waals surface area contributed by atoms with E-state index in [9.17, 15) is 9.50 Å². The topological polar surface area (TPSA) is 101 Å². The number of hydrogen-bond donors (Lipinski definition) is 3. The maximum atomic E-state index is 13.2. The molecule has 7 nitrogen and oxygen atoms in total. The minimum absolute atomic E-state index is 0.0295. The Morgan fingerprint density at radius 2 is 2.35 bits per heavy atom. The average molecular weight is 243 g/mol. The molecule has 0 saturated carbocycles. The highest BCUT2D eigenvalue weighted by Gasteiger charge is 2.51. The summed E-state index contributed by atoms with van der Waals surface area (Å²) in [5.41, 5.74) is -0.524. The van der Waals surface area contributed by atoms with E-state index in [1.54, 1.807) is 0 Å². The molecular formula is C9H10FN3O4. The normalized spacial score (nSPS) is 34.3. The summed E-state index contributed by atoms with van der Waals surface area (Å²) in [7, 11) is 0. The first-order chi connectivity index (χ1) is 8.11. The van der Waals surface area contributed by atoms with Gasteiger partial charge in [-0.3, -0.25) is 9.98 Å². The molecule has 17 heavy (non-hydrogen) atoms. The Labute approximate surface area is 94.6 Å². The van der Waals surface area contributed by atoms with Crippen molar-refractivity contribution in [1.29, 1.82) is 5.41 Å². The lowest BCUT2D eigenvalue weighted by molar-refractivity contribution is -0.0437. The van der Waals surface area contributed by atoms with Crippen LogP contribution in [-0.2, 0) is 4.74 Å². The molecule has 2 aliphatic heterocycles. The molecule has 1 unspecified atom stereocenters. The van der Waals surface area contributed by atoms with Gasteiger partial charge in [0, 0.05) is 0 Å². The molecule has 0 amide bonds. The maximum Gasteiger partial charge on any atom is 0.301 e. The van der Waals surface area contributed by atoms with Gasteiger partial charge in [-0.05, 0) is 0 Å². The van der Waals surface area contributed by atoms with E-state index in [1.165, 1.54) is 4.57 Å². The number of ether oxygens (including phenoxy) is 2. The second-order valence-corrected chi connectivity index (χ2v) is 3.95. The summed E-state index contributed by atoms with van der Waals surface area (Å²) < 4.78 is 25.1. The predicted molar refractivity (Wildman–Crippen MR) is 49.5 cm³/mol. The second kappa shape index (κ2) is 3.49. The van der Waals surface area contributed by atoms with Crippen LogP contribution >= 0.6 is 0 Å². The van der Waals surface area contributed by atoms with E-state index in [-0.39, 0.29) is 12.6 Å². The first-order valence-electron chi connectivity index (χ1n) is 5.06. The minimum atomic E-state index is -1.01. The molecule has 1 aromatic rings. The van der Waals surface area contributed by atoms with Crippen LogP contribution < -0.4 is 10.2 Å². The number of rotatable bonds is 1. The van der Waals surface area contributed by atoms with Gasteiger partial charge in [-0.25, -0.2) is 4.39 Å². The molecule has 1 fully saturated rings. The number of aromatic nitrogens is 2. The Morgan fingerprint density at radius 1 is 1.59 bits per heavy atom. The van der Waals surface area contributed by atoms with Crippen LogP contribution in [0.1, 0.15) is 6.23 Å². The number of fused-ring (bicyclic) bond motifs is 3. The van der Waals surface area contributed by atoms with Crippen LogP contribution in [0.5, 0.6) is 6.01 Å². The van der Waals surface area contributed by atoms with Crippen molar-refractivity contribution in [2.75, 3.05) is 6.61 Å². The number of aliphatic hydroxyl groups is 2. The lowest BCUT2D eigenvalue weighted by atomic mass is 10.1. The molecule has 8 heteroatoms. The molecule has 1 saturated heterocycles. The first kappa shape index (κ1) is 10.6. The summed E-state index contributed by atoms with van der Waals surface area (Å²) in [6, 6.07) is 0.0295. The Balaban J connectivity index is 2.02. The third kappa shape index (κ3) is 1.38. The van der Waals surface area contributed by atoms with Gasteiger partial charge >= 0.3 is 6.01 Å². The number of nitrogens with zero attached hydrogens (tertiary/aromatic N) is 2. The van der Waals surface area contributed by atoms with Gasteiger partial charge in [0.05, 0.1) is 12.8 Å². The number of hydrogen-bond acceptors (Lipinski definition) is 6. The van der Waals surface area contributed by atoms with E-state index in [0.717, 1.165) is 6.20 Å². The van der Waals surface area contributed by atoms with Crippen LogP contribution in [0.15, 0.2) is 6.20 Å². The average Bonchev–Trinajstić information content (AvgIpc) is 2.78. The summed E-state index contributed by atoms with van der Waals surface area (Å²) in [4.78, 5) is 3.60. The van der Waals surface area contributed by atoms with Crippen molar-refractivity contribution in [1.82, 2.24) is 9.55 Å². The van der Waals surface area contributed by atoms with Gasteiger partial charge in [0.15, 0.2) is 23.6 Å². The Hall–Kier alpha value is -1.51. The summed E-state index contributed by atoms with van der Waals surface area (Å²) in [6.45, 7) is -0.347. The molecule has 0 radical (unpaired) electrons. The molecule has 0 bridgehead atoms. The summed E-state index contributed by atoms with van der Waals surface area (Å²) >= 11 is 0. The molecule has 2 aliphatic rings. The lowest BCUT2D eigenvalue weighted by Crippen LogP contribution is -2.34. The van der Waals surface area contributed by atoms with Gasteiger partial charge in [-0.2, -0.15) is 4.98 Å². The fraction of sp³-hybridized carbons (Fsp3) is 0.556. The quantitative estimate of drug-likeness (QED) is 0.558. The summed E-state index contributed by atoms with van der Waals surface area (Å²) in [5.74, 6) is -0.802. The van der Waals surface area contributed by atoms with Crippen LogP contribution in [0.4, 0.5) is 4.39 Å². The Morgan fingerprint density at radius 3 is 3.06 bits per heavy atom. The van der Waals surface area contributed by atoms with Gasteiger partial charge in [0.2, 0.25) is 0 Å². The van der Waals surface area contributed by atoms with Crippen molar-refractivity contribution < 1.29 is 24.1 Å². The predicted octanol–water partition coefficient (Wildman–Crippen LogP) is -1.49. The van der Waals surface area contributed by atoms with E-state index in [4.69, 9.17) is 20.0 Å². The van der Waals surface area contributed by atoms with E-state index >= 15 is 0 Å². The molecule has 3 rings (SSSR count). The molecule has 4 atom stereocenters. The Bertz CT molecular complexity index is 519. The van der Waals surface area contributed by atoms with Crippen molar-refractivity contribution >= 4 is 0 Å². The van der Waals surface area contributed by atoms with Gasteiger partial charge < -0.3 is 19.7 Å². The van der Waals surface area contributed by atoms with E-state index < -0.39 is 35.8 Å². The maximum absolute atomic E-state index is 13.2. The van der Waals surface area contributed by atoms with Gasteiger partial charge in [-0.15, -0.1) is 0 Å². The first-order valence-corrected chi connectivity index (χ1v) is 5.06. The standard InChI is InChI=1S/C9H10FN3O4/c10-3-1-13-8-6(5(15)4(2-14)16-8)17-9(13)12-7(3)11/h1,4-6,8,11,14-15H,2H2/t4-,5-,6?,8-/m1/s1. The number of aliphatic hydroxyl groups excluding tert-OH is 2. The van der Waals surface area contributed by atoms with Crippen LogP contribution in [0.2, 0.25) is 0 Å². The van der Waals surface area contributed by atoms with E-state index in [0.29, 0.717) is 0 Å². The van der Waals surface area contributed by atoms with Crippen LogP contribution in [0.3, 0.4) is 0 Å². The lowest BCUT2D eigenvalue weighted by Gasteiger charge is -2.14. The summed E-state index contributed by atoms with van der Waals surface area (Å²) in [5, 5.41) is 25.9. The van der Waals surface area contributed by atoms with Crippen molar-refractivity contribution in [3.63, 3.8) is 0 Å². The van der Waals surface area contributed by atoms with Gasteiger partial charge in [0.1, 0.15) is 12.2 Å². The molecule has 0 aromatic carbocycles. The second-order valence-electron chi connectivity index (χ2n) is 3.95. The van der Waals surface area contributed by atoms with E-state index in [2.05, 4.69) is 4.98 Å². The van der Waals surface area contributed by atoms with Crippen LogP contribution in [0, 0.1) is 11.2 Å². The van der Waals surface area contributed by atoms with Crippen LogP contribution in [0.25, 0.3) is 0 Å². The van der Waals surface area contributed by atoms with Crippen molar-refractivity contribution in [2.45, 2.75) is 24.5 Å². The summed E-state index contributed by atoms with van der Waals surface area (Å²) in [6.07, 6.45) is -2.18. The third-order valence-corrected chi connectivity index (χ3v) is 2.92. The molecule has 1 aromatic heterocycles. The van der Waals surface area contributed by atoms with Gasteiger partial charge in [0.25, 0.3) is 0 Å². The zero-order chi connectivity index (χ0) is 12.2. The number of halogens is 1. The Kier molecular flexibility index (Phi) is 2.18. The molecule has 0 spiro atoms. The molecule has 92 valence electrons. The number of nitrogens with one attached hydrogen (secondary N) is 1. The fourth-order valence-corrected chi connectivity index (χ4v) is 2.06. The van der Waals surface area contributed by atoms with Crippen molar-refractivity contribution in [2.24, 2.45) is 0 Å². The van der Waals surface area contributed by atoms with E-state index in [1.807, 2.05) is 0 Å². The minimum Gasteiger partial charge on any atom is -0.454 e. The molecule has 3 N–H and O–H groups in total. The molecular weight excluding hydrogens is 233 g/mol. The van der Waals surface area contributed by atoms with Gasteiger partial charge in [-0.1, -0.05) is 0 Å². The smallest absolute Gasteiger partial charge is 0.301 e. The molecule has 3 heterocycles. The fourth-order valence-electron chi connectivity index (χ4n) is 2.06. The highest BCUT2D eigenvalue weighted by atomic mass is 19.1. The monoisotopic (exact) mass is 243 g/mol. The third-order valence-electron chi connectivity index (χ3n) is 2.92. The van der Waals surface area contributed by atoms with Crippen LogP contribution in [-0.4, -0.2) is 44.7 Å². The highest BCUT2D eigenvalue weighted by molar-refractivity contribution is 5.11. The molecule has 0 aliphatic carbocycles. The van der Waals surface area contributed by atoms with Crippen molar-refractivity contribution in [3.8, 4) is 6.01 Å². The highest BCUT2D eigenvalue weighted by Crippen LogP contribution is 2.38. The zero-order valence-corrected chi connectivity index (χ0v) is 8.58.